The second-order valence-corrected chi connectivity index (χ2v) is 5.76. The Labute approximate surface area is 155 Å². The number of aromatic nitrogens is 1. The van der Waals surface area contributed by atoms with Gasteiger partial charge in [0.15, 0.2) is 5.69 Å². The Bertz CT molecular complexity index is 1020. The molecule has 0 aliphatic carbocycles. The zero-order valence-corrected chi connectivity index (χ0v) is 14.5. The molecular formula is C20H18N4O3. The van der Waals surface area contributed by atoms with Crippen LogP contribution in [-0.2, 0) is 22.7 Å². The molecule has 136 valence electrons. The minimum Gasteiger partial charge on any atom is -0.493 e. The van der Waals surface area contributed by atoms with E-state index in [0.29, 0.717) is 11.9 Å². The molecule has 0 saturated heterocycles. The lowest BCUT2D eigenvalue weighted by atomic mass is 10.2. The highest BCUT2D eigenvalue weighted by Crippen LogP contribution is 2.38. The van der Waals surface area contributed by atoms with Crippen LogP contribution in [0.4, 0.5) is 5.69 Å². The van der Waals surface area contributed by atoms with Crippen LogP contribution in [0, 0.1) is 0 Å². The molecule has 7 heteroatoms. The van der Waals surface area contributed by atoms with Crippen molar-refractivity contribution in [2.24, 2.45) is 10.2 Å². The van der Waals surface area contributed by atoms with Crippen LogP contribution in [0.2, 0.25) is 0 Å². The first-order chi connectivity index (χ1) is 13.1. The number of fused-ring (bicyclic) bond motifs is 1. The minimum atomic E-state index is -1.04. The molecule has 0 aliphatic heterocycles. The number of nitrogens with zero attached hydrogens (tertiary/aromatic N) is 3. The summed E-state index contributed by atoms with van der Waals surface area (Å²) in [5.74, 6) is -2.04. The summed E-state index contributed by atoms with van der Waals surface area (Å²) in [6.07, 6.45) is 1.63. The molecule has 0 bridgehead atoms. The molecule has 0 saturated carbocycles. The number of amides is 2. The van der Waals surface area contributed by atoms with Crippen molar-refractivity contribution in [3.8, 4) is 5.88 Å². The second kappa shape index (κ2) is 8.09. The van der Waals surface area contributed by atoms with Crippen LogP contribution in [0.1, 0.15) is 5.56 Å². The number of aromatic hydroxyl groups is 1. The van der Waals surface area contributed by atoms with Crippen LogP contribution in [0.15, 0.2) is 77.5 Å². The van der Waals surface area contributed by atoms with Crippen LogP contribution in [0.25, 0.3) is 10.9 Å². The van der Waals surface area contributed by atoms with Crippen molar-refractivity contribution in [1.29, 1.82) is 0 Å². The van der Waals surface area contributed by atoms with Gasteiger partial charge in [-0.15, -0.1) is 16.8 Å². The van der Waals surface area contributed by atoms with Gasteiger partial charge in [0.1, 0.15) is 0 Å². The van der Waals surface area contributed by atoms with Gasteiger partial charge < -0.3 is 15.0 Å². The predicted octanol–water partition coefficient (Wildman–Crippen LogP) is 3.46. The molecule has 2 N–H and O–H groups in total. The van der Waals surface area contributed by atoms with Gasteiger partial charge in [-0.1, -0.05) is 54.6 Å². The summed E-state index contributed by atoms with van der Waals surface area (Å²) in [5.41, 5.74) is 1.72. The summed E-state index contributed by atoms with van der Waals surface area (Å²) >= 11 is 0. The fourth-order valence-electron chi connectivity index (χ4n) is 2.68. The van der Waals surface area contributed by atoms with E-state index in [4.69, 9.17) is 0 Å². The van der Waals surface area contributed by atoms with Crippen LogP contribution < -0.4 is 5.32 Å². The van der Waals surface area contributed by atoms with Crippen molar-refractivity contribution in [3.05, 3.63) is 72.8 Å². The summed E-state index contributed by atoms with van der Waals surface area (Å²) in [5, 5.41) is 20.8. The lowest BCUT2D eigenvalue weighted by Gasteiger charge is -2.02. The van der Waals surface area contributed by atoms with Crippen molar-refractivity contribution in [3.63, 3.8) is 0 Å². The van der Waals surface area contributed by atoms with E-state index in [1.165, 1.54) is 0 Å². The number of carbonyl (C=O) groups excluding carboxylic acids is 2. The molecule has 0 spiro atoms. The Balaban J connectivity index is 1.77. The number of nitrogens with one attached hydrogen (secondary N) is 1. The molecule has 0 radical (unpaired) electrons. The zero-order chi connectivity index (χ0) is 19.2. The van der Waals surface area contributed by atoms with Gasteiger partial charge in [-0.2, -0.15) is 0 Å². The van der Waals surface area contributed by atoms with Crippen LogP contribution in [0.3, 0.4) is 0 Å². The maximum atomic E-state index is 11.9. The highest BCUT2D eigenvalue weighted by molar-refractivity contribution is 6.35. The lowest BCUT2D eigenvalue weighted by molar-refractivity contribution is -0.137. The van der Waals surface area contributed by atoms with E-state index in [-0.39, 0.29) is 18.1 Å². The van der Waals surface area contributed by atoms with Gasteiger partial charge in [0.05, 0.1) is 5.52 Å². The summed E-state index contributed by atoms with van der Waals surface area (Å²) in [6, 6.07) is 16.4. The van der Waals surface area contributed by atoms with Gasteiger partial charge in [0, 0.05) is 18.5 Å². The topological polar surface area (TPSA) is 96.0 Å². The molecule has 0 fully saturated rings. The van der Waals surface area contributed by atoms with Crippen LogP contribution in [-0.4, -0.2) is 21.5 Å². The molecule has 0 atom stereocenters. The van der Waals surface area contributed by atoms with E-state index in [0.717, 1.165) is 11.1 Å². The molecule has 2 amide bonds. The van der Waals surface area contributed by atoms with Gasteiger partial charge in [-0.3, -0.25) is 9.59 Å². The molecule has 0 aliphatic rings. The van der Waals surface area contributed by atoms with Crippen molar-refractivity contribution in [1.82, 2.24) is 9.88 Å². The van der Waals surface area contributed by atoms with Gasteiger partial charge in [-0.25, -0.2) is 0 Å². The quantitative estimate of drug-likeness (QED) is 0.413. The average molecular weight is 362 g/mol. The summed E-state index contributed by atoms with van der Waals surface area (Å²) in [7, 11) is 0. The number of carbonyl (C=O) groups is 2. The van der Waals surface area contributed by atoms with Crippen LogP contribution >= 0.6 is 0 Å². The van der Waals surface area contributed by atoms with E-state index in [1.54, 1.807) is 22.8 Å². The number of para-hydroxylation sites is 1. The maximum Gasteiger partial charge on any atom is 0.353 e. The van der Waals surface area contributed by atoms with Gasteiger partial charge >= 0.3 is 11.8 Å². The second-order valence-electron chi connectivity index (χ2n) is 5.76. The molecular weight excluding hydrogens is 344 g/mol. The fraction of sp³-hybridized carbons (Fsp3) is 0.100. The Morgan fingerprint density at radius 1 is 1.11 bits per heavy atom. The van der Waals surface area contributed by atoms with Gasteiger partial charge in [0.2, 0.25) is 5.88 Å². The maximum absolute atomic E-state index is 11.9. The molecule has 27 heavy (non-hydrogen) atoms. The lowest BCUT2D eigenvalue weighted by Crippen LogP contribution is -2.29. The van der Waals surface area contributed by atoms with E-state index in [2.05, 4.69) is 22.1 Å². The normalized spacial score (nSPS) is 11.0. The molecule has 3 aromatic rings. The first-order valence-corrected chi connectivity index (χ1v) is 8.30. The van der Waals surface area contributed by atoms with E-state index >= 15 is 0 Å². The van der Waals surface area contributed by atoms with Crippen molar-refractivity contribution in [2.75, 3.05) is 0 Å². The zero-order valence-electron chi connectivity index (χ0n) is 14.5. The number of hydrogen-bond donors (Lipinski definition) is 2. The van der Waals surface area contributed by atoms with E-state index < -0.39 is 11.8 Å². The standard InChI is InChI=1S/C20H18N4O3/c1-2-12-24-16-11-7-6-10-15(16)17(20(24)27)22-23-19(26)18(25)21-13-14-8-4-3-5-9-14/h2-11,27H,1,12-13H2,(H,21,25). The SMILES string of the molecule is C=CCn1c(O)c(N=NC(=O)C(=O)NCc2ccccc2)c2ccccc21. The number of azo groups is 1. The highest BCUT2D eigenvalue weighted by Gasteiger charge is 2.17. The number of hydrogen-bond acceptors (Lipinski definition) is 4. The molecule has 1 aromatic heterocycles. The smallest absolute Gasteiger partial charge is 0.353 e. The number of benzene rings is 2. The number of allylic oxidation sites excluding steroid dienone is 1. The van der Waals surface area contributed by atoms with Crippen molar-refractivity contribution >= 4 is 28.4 Å². The van der Waals surface area contributed by atoms with Crippen molar-refractivity contribution in [2.45, 2.75) is 13.1 Å². The molecule has 7 nitrogen and oxygen atoms in total. The van der Waals surface area contributed by atoms with E-state index in [1.807, 2.05) is 42.5 Å². The third-order valence-electron chi connectivity index (χ3n) is 3.96. The van der Waals surface area contributed by atoms with E-state index in [9.17, 15) is 14.7 Å². The van der Waals surface area contributed by atoms with Crippen LogP contribution in [0.5, 0.6) is 5.88 Å². The molecule has 3 rings (SSSR count). The Kier molecular flexibility index (Phi) is 5.41. The number of rotatable bonds is 5. The fourth-order valence-corrected chi connectivity index (χ4v) is 2.68. The predicted molar refractivity (Wildman–Crippen MR) is 102 cm³/mol. The average Bonchev–Trinajstić information content (AvgIpc) is 2.97. The Hall–Kier alpha value is -3.74. The minimum absolute atomic E-state index is 0.136. The molecule has 0 unspecified atom stereocenters. The first-order valence-electron chi connectivity index (χ1n) is 8.30. The summed E-state index contributed by atoms with van der Waals surface area (Å²) in [4.78, 5) is 23.8. The largest absolute Gasteiger partial charge is 0.493 e. The summed E-state index contributed by atoms with van der Waals surface area (Å²) < 4.78 is 1.59. The van der Waals surface area contributed by atoms with Gasteiger partial charge in [0.25, 0.3) is 0 Å². The third-order valence-corrected chi connectivity index (χ3v) is 3.96. The Morgan fingerprint density at radius 3 is 2.56 bits per heavy atom. The Morgan fingerprint density at radius 2 is 1.81 bits per heavy atom. The summed E-state index contributed by atoms with van der Waals surface area (Å²) in [6.45, 7) is 4.24. The molecule has 1 heterocycles. The first kappa shape index (κ1) is 18.1. The monoisotopic (exact) mass is 362 g/mol. The highest BCUT2D eigenvalue weighted by atomic mass is 16.3. The van der Waals surface area contributed by atoms with Crippen molar-refractivity contribution < 1.29 is 14.7 Å². The third kappa shape index (κ3) is 3.92. The molecule has 2 aromatic carbocycles. The van der Waals surface area contributed by atoms with Gasteiger partial charge in [-0.05, 0) is 11.6 Å².